The molecule has 5 fully saturated rings. The highest BCUT2D eigenvalue weighted by molar-refractivity contribution is 8.00. The van der Waals surface area contributed by atoms with Crippen molar-refractivity contribution in [3.63, 3.8) is 0 Å². The molecule has 11 atom stereocenters. The topological polar surface area (TPSA) is 143 Å². The van der Waals surface area contributed by atoms with Crippen LogP contribution in [-0.2, 0) is 23.9 Å². The van der Waals surface area contributed by atoms with Crippen LogP contribution in [0.5, 0.6) is 0 Å². The summed E-state index contributed by atoms with van der Waals surface area (Å²) in [5.41, 5.74) is -3.89. The molecule has 232 valence electrons. The molecule has 3 N–H and O–H groups in total. The van der Waals surface area contributed by atoms with Gasteiger partial charge in [0, 0.05) is 63.3 Å². The number of rotatable bonds is 8. The molecule has 10 heteroatoms. The number of ether oxygens (including phenoxy) is 2. The quantitative estimate of drug-likeness (QED) is 0.210. The Balaban J connectivity index is 1.36. The lowest BCUT2D eigenvalue weighted by molar-refractivity contribution is -0.168. The van der Waals surface area contributed by atoms with Gasteiger partial charge in [-0.1, -0.05) is 26.8 Å². The molecule has 5 rings (SSSR count). The first-order valence-electron chi connectivity index (χ1n) is 15.4. The van der Waals surface area contributed by atoms with E-state index >= 15 is 0 Å². The third-order valence-electron chi connectivity index (χ3n) is 12.5. The summed E-state index contributed by atoms with van der Waals surface area (Å²) >= 11 is 1.34. The molecule has 0 saturated heterocycles. The van der Waals surface area contributed by atoms with Gasteiger partial charge in [0.05, 0.1) is 18.5 Å². The molecule has 3 unspecified atom stereocenters. The monoisotopic (exact) mass is 602 g/mol. The van der Waals surface area contributed by atoms with Gasteiger partial charge in [-0.15, -0.1) is 18.3 Å². The zero-order valence-electron chi connectivity index (χ0n) is 25.5. The van der Waals surface area contributed by atoms with Crippen LogP contribution < -0.4 is 5.32 Å². The predicted molar refractivity (Wildman–Crippen MR) is 159 cm³/mol. The van der Waals surface area contributed by atoms with Crippen molar-refractivity contribution in [1.82, 2.24) is 5.32 Å². The van der Waals surface area contributed by atoms with Crippen molar-refractivity contribution < 1.29 is 33.8 Å². The summed E-state index contributed by atoms with van der Waals surface area (Å²) in [5, 5.41) is 22.1. The Bertz CT molecular complexity index is 1210. The molecule has 0 aromatic heterocycles. The smallest absolute Gasteiger partial charge is 0.407 e. The SMILES string of the molecule is C=C[C@]1(C)C[C@@H](OC(=O)CS[C@@H]2CC[C@@H](NC(=O)OCC)C[C@H]2O)[C@]2(C)C(C)CC34C(=O)CCC3([C@@H](C)C1=O)[C@@]42C=N. The molecule has 5 aliphatic carbocycles. The fourth-order valence-corrected chi connectivity index (χ4v) is 11.5. The van der Waals surface area contributed by atoms with E-state index < -0.39 is 57.3 Å². The van der Waals surface area contributed by atoms with E-state index in [0.29, 0.717) is 38.5 Å². The molecule has 0 bridgehead atoms. The Morgan fingerprint density at radius 2 is 1.93 bits per heavy atom. The van der Waals surface area contributed by atoms with Gasteiger partial charge in [0.15, 0.2) is 0 Å². The second kappa shape index (κ2) is 10.5. The van der Waals surface area contributed by atoms with E-state index in [-0.39, 0.29) is 47.6 Å². The number of hydrogen-bond donors (Lipinski definition) is 3. The molecule has 2 spiro atoms. The molecule has 5 aliphatic rings. The third kappa shape index (κ3) is 3.75. The number of carbonyl (C=O) groups is 4. The van der Waals surface area contributed by atoms with E-state index in [2.05, 4.69) is 25.7 Å². The molecule has 5 saturated carbocycles. The average Bonchev–Trinajstić information content (AvgIpc) is 3.22. The summed E-state index contributed by atoms with van der Waals surface area (Å²) in [6.45, 7) is 14.0. The fourth-order valence-electron chi connectivity index (χ4n) is 10.4. The van der Waals surface area contributed by atoms with Crippen LogP contribution >= 0.6 is 11.8 Å². The van der Waals surface area contributed by atoms with Gasteiger partial charge in [0.2, 0.25) is 0 Å². The first kappa shape index (κ1) is 31.2. The first-order chi connectivity index (χ1) is 19.8. The highest BCUT2D eigenvalue weighted by Crippen LogP contribution is 2.97. The Kier molecular flexibility index (Phi) is 7.78. The maximum Gasteiger partial charge on any atom is 0.407 e. The normalized spacial score (nSPS) is 47.4. The van der Waals surface area contributed by atoms with Gasteiger partial charge in [-0.3, -0.25) is 14.4 Å². The van der Waals surface area contributed by atoms with Crippen molar-refractivity contribution in [3.05, 3.63) is 12.7 Å². The number of alkyl carbamates (subject to hydrolysis) is 1. The molecule has 0 heterocycles. The standard InChI is InChI=1S/C32H46N2O7S/c1-7-28(5)15-24(41-25(37)16-42-22-10-9-20(13-21(22)35)34-27(39)40-8-2)29(6)18(3)14-31-23(36)11-12-30(31,19(4)26(28)38)32(29,31)17-33/h7,17-22,24,33,35H,1,8-16H2,2-6H3,(H,34,39)/t18?,19-,20+,21+,22+,24+,28+,29-,30?,31?,32-/m0/s1. The zero-order chi connectivity index (χ0) is 30.9. The van der Waals surface area contributed by atoms with Crippen molar-refractivity contribution in [2.75, 3.05) is 12.4 Å². The van der Waals surface area contributed by atoms with Crippen molar-refractivity contribution in [1.29, 1.82) is 5.41 Å². The Hall–Kier alpha value is -2.20. The third-order valence-corrected chi connectivity index (χ3v) is 13.8. The van der Waals surface area contributed by atoms with E-state index in [9.17, 15) is 24.3 Å². The molecule has 0 aromatic rings. The van der Waals surface area contributed by atoms with E-state index in [4.69, 9.17) is 14.9 Å². The summed E-state index contributed by atoms with van der Waals surface area (Å²) in [7, 11) is 0. The van der Waals surface area contributed by atoms with E-state index in [1.807, 2.05) is 13.8 Å². The zero-order valence-corrected chi connectivity index (χ0v) is 26.3. The lowest BCUT2D eigenvalue weighted by atomic mass is 9.53. The first-order valence-corrected chi connectivity index (χ1v) is 16.5. The highest BCUT2D eigenvalue weighted by Gasteiger charge is 3.00. The number of Topliss-reactive ketones (excluding diaryl/α,β-unsaturated/α-hetero) is 2. The molecular weight excluding hydrogens is 556 g/mol. The Morgan fingerprint density at radius 1 is 1.21 bits per heavy atom. The lowest BCUT2D eigenvalue weighted by Crippen LogP contribution is -2.56. The van der Waals surface area contributed by atoms with Gasteiger partial charge < -0.3 is 25.3 Å². The summed E-state index contributed by atoms with van der Waals surface area (Å²) in [6, 6.07) is -0.184. The van der Waals surface area contributed by atoms with Crippen LogP contribution in [0.2, 0.25) is 0 Å². The van der Waals surface area contributed by atoms with E-state index in [0.717, 1.165) is 0 Å². The Morgan fingerprint density at radius 3 is 2.55 bits per heavy atom. The van der Waals surface area contributed by atoms with Gasteiger partial charge in [0.25, 0.3) is 0 Å². The largest absolute Gasteiger partial charge is 0.461 e. The number of carbonyl (C=O) groups excluding carboxylic acids is 4. The molecular formula is C32H46N2O7S. The number of ketones is 2. The van der Waals surface area contributed by atoms with Crippen LogP contribution in [0.25, 0.3) is 0 Å². The number of aliphatic hydroxyl groups is 1. The maximum atomic E-state index is 14.1. The number of thioether (sulfide) groups is 1. The number of aliphatic hydroxyl groups excluding tert-OH is 1. The van der Waals surface area contributed by atoms with Gasteiger partial charge in [-0.2, -0.15) is 0 Å². The summed E-state index contributed by atoms with van der Waals surface area (Å²) < 4.78 is 11.3. The minimum Gasteiger partial charge on any atom is -0.461 e. The lowest BCUT2D eigenvalue weighted by Gasteiger charge is -2.52. The molecule has 0 aliphatic heterocycles. The van der Waals surface area contributed by atoms with Crippen LogP contribution in [-0.4, -0.2) is 70.8 Å². The highest BCUT2D eigenvalue weighted by atomic mass is 32.2. The van der Waals surface area contributed by atoms with Gasteiger partial charge >= 0.3 is 12.1 Å². The fraction of sp³-hybridized carbons (Fsp3) is 0.781. The minimum absolute atomic E-state index is 0.00167. The van der Waals surface area contributed by atoms with Gasteiger partial charge in [0.1, 0.15) is 17.7 Å². The van der Waals surface area contributed by atoms with Gasteiger partial charge in [-0.25, -0.2) is 4.79 Å². The summed E-state index contributed by atoms with van der Waals surface area (Å²) in [5.74, 6) is -0.673. The maximum absolute atomic E-state index is 14.1. The van der Waals surface area contributed by atoms with Crippen LogP contribution in [0.4, 0.5) is 4.79 Å². The number of esters is 1. The predicted octanol–water partition coefficient (Wildman–Crippen LogP) is 4.49. The van der Waals surface area contributed by atoms with Crippen LogP contribution in [0.15, 0.2) is 12.7 Å². The number of amides is 1. The molecule has 9 nitrogen and oxygen atoms in total. The average molecular weight is 603 g/mol. The van der Waals surface area contributed by atoms with Crippen molar-refractivity contribution >= 4 is 41.6 Å². The summed E-state index contributed by atoms with van der Waals surface area (Å²) in [4.78, 5) is 53.0. The summed E-state index contributed by atoms with van der Waals surface area (Å²) in [6.07, 6.45) is 4.74. The number of nitrogens with one attached hydrogen (secondary N) is 2. The van der Waals surface area contributed by atoms with E-state index in [1.165, 1.54) is 18.0 Å². The Labute approximate surface area is 252 Å². The van der Waals surface area contributed by atoms with Crippen LogP contribution in [0, 0.1) is 44.3 Å². The second-order valence-electron chi connectivity index (χ2n) is 13.8. The van der Waals surface area contributed by atoms with Gasteiger partial charge in [-0.05, 0) is 51.9 Å². The van der Waals surface area contributed by atoms with Crippen LogP contribution in [0.3, 0.4) is 0 Å². The van der Waals surface area contributed by atoms with Crippen molar-refractivity contribution in [3.8, 4) is 0 Å². The second-order valence-corrected chi connectivity index (χ2v) is 15.0. The van der Waals surface area contributed by atoms with Crippen molar-refractivity contribution in [2.45, 2.75) is 103 Å². The molecule has 1 amide bonds. The molecule has 0 radical (unpaired) electrons. The molecule has 0 aromatic carbocycles. The molecule has 42 heavy (non-hydrogen) atoms. The number of hydrogen-bond acceptors (Lipinski definition) is 9. The number of allylic oxidation sites excluding steroid dienone is 1. The van der Waals surface area contributed by atoms with Crippen molar-refractivity contribution in [2.24, 2.45) is 38.9 Å². The van der Waals surface area contributed by atoms with Crippen LogP contribution in [0.1, 0.15) is 79.6 Å². The van der Waals surface area contributed by atoms with E-state index in [1.54, 1.807) is 13.0 Å². The minimum atomic E-state index is -0.945.